The highest BCUT2D eigenvalue weighted by Gasteiger charge is 2.16. The molecule has 1 aromatic rings. The van der Waals surface area contributed by atoms with Gasteiger partial charge in [0.25, 0.3) is 5.91 Å². The van der Waals surface area contributed by atoms with Crippen LogP contribution in [0.25, 0.3) is 0 Å². The van der Waals surface area contributed by atoms with Gasteiger partial charge in [-0.3, -0.25) is 9.89 Å². The fourth-order valence-corrected chi connectivity index (χ4v) is 0.891. The molecule has 1 rings (SSSR count). The Balaban J connectivity index is 2.53. The molecule has 0 radical (unpaired) electrons. The highest BCUT2D eigenvalue weighted by atomic mass is 16.5. The molecule has 0 fully saturated rings. The van der Waals surface area contributed by atoms with Gasteiger partial charge in [-0.25, -0.2) is 4.79 Å². The molecule has 14 heavy (non-hydrogen) atoms. The summed E-state index contributed by atoms with van der Waals surface area (Å²) in [7, 11) is 1.27. The molecule has 1 heterocycles. The minimum absolute atomic E-state index is 0.364. The summed E-state index contributed by atoms with van der Waals surface area (Å²) in [6.07, 6.45) is 2.82. The zero-order valence-corrected chi connectivity index (χ0v) is 7.90. The Morgan fingerprint density at radius 2 is 2.36 bits per heavy atom. The maximum Gasteiger partial charge on any atom is 0.328 e. The molecule has 0 spiro atoms. The van der Waals surface area contributed by atoms with E-state index in [1.54, 1.807) is 6.92 Å². The number of methoxy groups -OCH3 is 1. The van der Waals surface area contributed by atoms with E-state index < -0.39 is 12.0 Å². The first-order valence-corrected chi connectivity index (χ1v) is 4.02. The standard InChI is InChI=1S/C8H11N3O3/c1-5(8(13)14-2)11-7(12)6-3-9-10-4-6/h3-5H,1-2H3,(H,9,10)(H,11,12). The molecular weight excluding hydrogens is 186 g/mol. The van der Waals surface area contributed by atoms with Crippen molar-refractivity contribution in [1.29, 1.82) is 0 Å². The van der Waals surface area contributed by atoms with Gasteiger partial charge in [0, 0.05) is 6.20 Å². The van der Waals surface area contributed by atoms with Crippen LogP contribution in [0, 0.1) is 0 Å². The largest absolute Gasteiger partial charge is 0.467 e. The number of aromatic amines is 1. The van der Waals surface area contributed by atoms with Crippen LogP contribution in [-0.4, -0.2) is 35.2 Å². The molecule has 1 aromatic heterocycles. The molecule has 6 heteroatoms. The minimum atomic E-state index is -0.664. The van der Waals surface area contributed by atoms with Gasteiger partial charge in [-0.2, -0.15) is 5.10 Å². The zero-order valence-electron chi connectivity index (χ0n) is 7.90. The number of hydrogen-bond donors (Lipinski definition) is 2. The van der Waals surface area contributed by atoms with Gasteiger partial charge < -0.3 is 10.1 Å². The van der Waals surface area contributed by atoms with Crippen molar-refractivity contribution in [3.05, 3.63) is 18.0 Å². The third kappa shape index (κ3) is 2.32. The molecule has 0 aliphatic rings. The van der Waals surface area contributed by atoms with Crippen molar-refractivity contribution >= 4 is 11.9 Å². The lowest BCUT2D eigenvalue weighted by Crippen LogP contribution is -2.38. The van der Waals surface area contributed by atoms with Gasteiger partial charge in [0.05, 0.1) is 18.9 Å². The Labute approximate surface area is 80.6 Å². The van der Waals surface area contributed by atoms with Crippen LogP contribution in [0.15, 0.2) is 12.4 Å². The van der Waals surface area contributed by atoms with E-state index in [9.17, 15) is 9.59 Å². The van der Waals surface area contributed by atoms with Gasteiger partial charge in [-0.05, 0) is 6.92 Å². The van der Waals surface area contributed by atoms with Crippen LogP contribution in [0.3, 0.4) is 0 Å². The molecule has 0 bridgehead atoms. The first kappa shape index (κ1) is 10.2. The first-order chi connectivity index (χ1) is 6.65. The normalized spacial score (nSPS) is 11.9. The lowest BCUT2D eigenvalue weighted by Gasteiger charge is -2.09. The summed E-state index contributed by atoms with van der Waals surface area (Å²) in [5, 5.41) is 8.57. The number of nitrogens with one attached hydrogen (secondary N) is 2. The summed E-state index contributed by atoms with van der Waals surface area (Å²) < 4.78 is 4.45. The molecule has 1 unspecified atom stereocenters. The molecule has 0 aliphatic heterocycles. The summed E-state index contributed by atoms with van der Waals surface area (Å²) in [6, 6.07) is -0.664. The molecule has 2 N–H and O–H groups in total. The van der Waals surface area contributed by atoms with Crippen molar-refractivity contribution in [1.82, 2.24) is 15.5 Å². The van der Waals surface area contributed by atoms with Crippen molar-refractivity contribution < 1.29 is 14.3 Å². The van der Waals surface area contributed by atoms with E-state index in [-0.39, 0.29) is 5.91 Å². The summed E-state index contributed by atoms with van der Waals surface area (Å²) in [4.78, 5) is 22.3. The Bertz CT molecular complexity index is 321. The van der Waals surface area contributed by atoms with Crippen molar-refractivity contribution in [2.24, 2.45) is 0 Å². The number of H-pyrrole nitrogens is 1. The average molecular weight is 197 g/mol. The van der Waals surface area contributed by atoms with E-state index in [4.69, 9.17) is 0 Å². The van der Waals surface area contributed by atoms with Crippen LogP contribution in [-0.2, 0) is 9.53 Å². The van der Waals surface area contributed by atoms with Crippen LogP contribution >= 0.6 is 0 Å². The molecule has 0 aliphatic carbocycles. The van der Waals surface area contributed by atoms with Gasteiger partial charge in [0.15, 0.2) is 0 Å². The molecule has 0 saturated heterocycles. The van der Waals surface area contributed by atoms with E-state index in [2.05, 4.69) is 20.3 Å². The third-order valence-electron chi connectivity index (χ3n) is 1.66. The van der Waals surface area contributed by atoms with Gasteiger partial charge in [-0.15, -0.1) is 0 Å². The predicted octanol–water partition coefficient (Wildman–Crippen LogP) is -0.299. The number of aromatic nitrogens is 2. The van der Waals surface area contributed by atoms with Crippen LogP contribution < -0.4 is 5.32 Å². The van der Waals surface area contributed by atoms with Gasteiger partial charge in [0.1, 0.15) is 6.04 Å². The lowest BCUT2D eigenvalue weighted by molar-refractivity contribution is -0.142. The highest BCUT2D eigenvalue weighted by Crippen LogP contribution is 1.95. The van der Waals surface area contributed by atoms with Crippen LogP contribution in [0.4, 0.5) is 0 Å². The maximum atomic E-state index is 11.4. The minimum Gasteiger partial charge on any atom is -0.467 e. The van der Waals surface area contributed by atoms with E-state index in [0.717, 1.165) is 0 Å². The number of ether oxygens (including phenoxy) is 1. The van der Waals surface area contributed by atoms with Crippen molar-refractivity contribution in [3.8, 4) is 0 Å². The number of rotatable bonds is 3. The van der Waals surface area contributed by atoms with E-state index in [0.29, 0.717) is 5.56 Å². The number of carbonyl (C=O) groups is 2. The summed E-state index contributed by atoms with van der Waals surface area (Å²) in [6.45, 7) is 1.55. The van der Waals surface area contributed by atoms with E-state index >= 15 is 0 Å². The van der Waals surface area contributed by atoms with Crippen molar-refractivity contribution in [2.75, 3.05) is 7.11 Å². The molecular formula is C8H11N3O3. The van der Waals surface area contributed by atoms with Crippen LogP contribution in [0.5, 0.6) is 0 Å². The van der Waals surface area contributed by atoms with Crippen LogP contribution in [0.2, 0.25) is 0 Å². The molecule has 1 atom stereocenters. The Morgan fingerprint density at radius 1 is 1.64 bits per heavy atom. The number of hydrogen-bond acceptors (Lipinski definition) is 4. The number of esters is 1. The van der Waals surface area contributed by atoms with E-state index in [1.165, 1.54) is 19.5 Å². The van der Waals surface area contributed by atoms with Gasteiger partial charge >= 0.3 is 5.97 Å². The van der Waals surface area contributed by atoms with Crippen molar-refractivity contribution in [2.45, 2.75) is 13.0 Å². The molecule has 76 valence electrons. The SMILES string of the molecule is COC(=O)C(C)NC(=O)c1cn[nH]c1. The molecule has 6 nitrogen and oxygen atoms in total. The predicted molar refractivity (Wildman–Crippen MR) is 47.5 cm³/mol. The smallest absolute Gasteiger partial charge is 0.328 e. The lowest BCUT2D eigenvalue weighted by atomic mass is 10.3. The number of amides is 1. The third-order valence-corrected chi connectivity index (χ3v) is 1.66. The van der Waals surface area contributed by atoms with Gasteiger partial charge in [-0.1, -0.05) is 0 Å². The summed E-state index contributed by atoms with van der Waals surface area (Å²) in [5.74, 6) is -0.849. The number of carbonyl (C=O) groups excluding carboxylic acids is 2. The number of nitrogens with zero attached hydrogens (tertiary/aromatic N) is 1. The fraction of sp³-hybridized carbons (Fsp3) is 0.375. The zero-order chi connectivity index (χ0) is 10.6. The quantitative estimate of drug-likeness (QED) is 0.651. The van der Waals surface area contributed by atoms with Gasteiger partial charge in [0.2, 0.25) is 0 Å². The second kappa shape index (κ2) is 4.40. The average Bonchev–Trinajstić information content (AvgIpc) is 2.69. The van der Waals surface area contributed by atoms with E-state index in [1.807, 2.05) is 0 Å². The van der Waals surface area contributed by atoms with Crippen molar-refractivity contribution in [3.63, 3.8) is 0 Å². The fourth-order valence-electron chi connectivity index (χ4n) is 0.891. The maximum absolute atomic E-state index is 11.4. The summed E-state index contributed by atoms with van der Waals surface area (Å²) >= 11 is 0. The second-order valence-corrected chi connectivity index (χ2v) is 2.71. The van der Waals surface area contributed by atoms with Crippen LogP contribution in [0.1, 0.15) is 17.3 Å². The second-order valence-electron chi connectivity index (χ2n) is 2.71. The molecule has 0 aromatic carbocycles. The molecule has 1 amide bonds. The topological polar surface area (TPSA) is 84.1 Å². The monoisotopic (exact) mass is 197 g/mol. The summed E-state index contributed by atoms with van der Waals surface area (Å²) in [5.41, 5.74) is 0.376. The molecule has 0 saturated carbocycles. The Hall–Kier alpha value is -1.85. The Morgan fingerprint density at radius 3 is 2.86 bits per heavy atom. The first-order valence-electron chi connectivity index (χ1n) is 4.02. The highest BCUT2D eigenvalue weighted by molar-refractivity contribution is 5.96. The Kier molecular flexibility index (Phi) is 3.22.